The second kappa shape index (κ2) is 6.26. The normalized spacial score (nSPS) is 11.8. The van der Waals surface area contributed by atoms with Crippen molar-refractivity contribution in [3.8, 4) is 0 Å². The number of benzene rings is 2. The number of fused-ring (bicyclic) bond motifs is 1. The van der Waals surface area contributed by atoms with E-state index in [4.69, 9.17) is 0 Å². The van der Waals surface area contributed by atoms with Crippen LogP contribution in [0.5, 0.6) is 0 Å². The summed E-state index contributed by atoms with van der Waals surface area (Å²) in [7, 11) is 0. The summed E-state index contributed by atoms with van der Waals surface area (Å²) in [6.45, 7) is 4.14. The third-order valence-electron chi connectivity index (χ3n) is 3.24. The second-order valence-electron chi connectivity index (χ2n) is 4.82. The van der Waals surface area contributed by atoms with E-state index in [1.807, 2.05) is 0 Å². The van der Waals surface area contributed by atoms with E-state index in [2.05, 4.69) is 11.6 Å². The monoisotopic (exact) mass is 330 g/mol. The lowest BCUT2D eigenvalue weighted by Crippen LogP contribution is -2.16. The number of carbonyl (C=O) groups is 1. The van der Waals surface area contributed by atoms with Crippen molar-refractivity contribution in [2.75, 3.05) is 0 Å². The van der Waals surface area contributed by atoms with E-state index in [0.29, 0.717) is 21.6 Å². The van der Waals surface area contributed by atoms with E-state index in [1.165, 1.54) is 47.7 Å². The van der Waals surface area contributed by atoms with Gasteiger partial charge >= 0.3 is 0 Å². The molecule has 0 saturated heterocycles. The maximum atomic E-state index is 13.4. The molecule has 3 rings (SSSR count). The lowest BCUT2D eigenvalue weighted by molar-refractivity contribution is 0.0998. The van der Waals surface area contributed by atoms with Gasteiger partial charge in [-0.3, -0.25) is 4.79 Å². The van der Waals surface area contributed by atoms with E-state index in [0.717, 1.165) is 5.52 Å². The molecule has 116 valence electrons. The molecule has 6 heteroatoms. The van der Waals surface area contributed by atoms with Gasteiger partial charge in [-0.15, -0.1) is 6.58 Å². The van der Waals surface area contributed by atoms with E-state index >= 15 is 0 Å². The Labute approximate surface area is 134 Å². The van der Waals surface area contributed by atoms with Crippen LogP contribution in [0, 0.1) is 11.6 Å². The van der Waals surface area contributed by atoms with Crippen molar-refractivity contribution in [3.63, 3.8) is 0 Å². The number of hydrogen-bond acceptors (Lipinski definition) is 2. The van der Waals surface area contributed by atoms with Crippen molar-refractivity contribution in [1.82, 2.24) is 4.57 Å². The molecule has 1 amide bonds. The van der Waals surface area contributed by atoms with Crippen LogP contribution in [-0.4, -0.2) is 10.5 Å². The molecule has 23 heavy (non-hydrogen) atoms. The van der Waals surface area contributed by atoms with E-state index < -0.39 is 11.7 Å². The SMILES string of the molecule is C=CCn1c(=NC(=O)c2ccc(F)cc2)sc2cc(F)ccc21. The Kier molecular flexibility index (Phi) is 4.16. The highest BCUT2D eigenvalue weighted by molar-refractivity contribution is 7.16. The number of thiazole rings is 1. The second-order valence-corrected chi connectivity index (χ2v) is 5.83. The lowest BCUT2D eigenvalue weighted by Gasteiger charge is -2.00. The molecule has 0 atom stereocenters. The Balaban J connectivity index is 2.13. The first-order valence-corrected chi connectivity index (χ1v) is 7.64. The molecule has 0 bridgehead atoms. The molecule has 1 heterocycles. The van der Waals surface area contributed by atoms with Crippen LogP contribution in [0.1, 0.15) is 10.4 Å². The maximum Gasteiger partial charge on any atom is 0.279 e. The highest BCUT2D eigenvalue weighted by Crippen LogP contribution is 2.19. The molecule has 0 fully saturated rings. The Morgan fingerprint density at radius 2 is 1.87 bits per heavy atom. The minimum Gasteiger partial charge on any atom is -0.312 e. The first-order valence-electron chi connectivity index (χ1n) is 6.83. The summed E-state index contributed by atoms with van der Waals surface area (Å²) in [6, 6.07) is 9.59. The van der Waals surface area contributed by atoms with Crippen molar-refractivity contribution in [1.29, 1.82) is 0 Å². The number of allylic oxidation sites excluding steroid dienone is 1. The van der Waals surface area contributed by atoms with E-state index in [-0.39, 0.29) is 5.82 Å². The molecule has 0 saturated carbocycles. The number of hydrogen-bond donors (Lipinski definition) is 0. The van der Waals surface area contributed by atoms with Crippen LogP contribution in [0.25, 0.3) is 10.2 Å². The lowest BCUT2D eigenvalue weighted by atomic mass is 10.2. The van der Waals surface area contributed by atoms with Gasteiger partial charge in [0.25, 0.3) is 5.91 Å². The summed E-state index contributed by atoms with van der Waals surface area (Å²) in [5.74, 6) is -1.24. The van der Waals surface area contributed by atoms with Gasteiger partial charge in [-0.25, -0.2) is 8.78 Å². The molecule has 3 nitrogen and oxygen atoms in total. The van der Waals surface area contributed by atoms with Crippen LogP contribution in [0.4, 0.5) is 8.78 Å². The maximum absolute atomic E-state index is 13.4. The first kappa shape index (κ1) is 15.3. The van der Waals surface area contributed by atoms with E-state index in [1.54, 1.807) is 16.7 Å². The van der Waals surface area contributed by atoms with Crippen LogP contribution in [0.15, 0.2) is 60.1 Å². The number of aromatic nitrogens is 1. The van der Waals surface area contributed by atoms with Crippen LogP contribution in [0.3, 0.4) is 0 Å². The summed E-state index contributed by atoms with van der Waals surface area (Å²) in [6.07, 6.45) is 1.68. The van der Waals surface area contributed by atoms with Gasteiger partial charge in [0, 0.05) is 12.1 Å². The van der Waals surface area contributed by atoms with Crippen molar-refractivity contribution < 1.29 is 13.6 Å². The third kappa shape index (κ3) is 3.12. The van der Waals surface area contributed by atoms with Crippen LogP contribution in [0.2, 0.25) is 0 Å². The third-order valence-corrected chi connectivity index (χ3v) is 4.29. The fourth-order valence-corrected chi connectivity index (χ4v) is 3.24. The Morgan fingerprint density at radius 1 is 1.17 bits per heavy atom. The van der Waals surface area contributed by atoms with Crippen molar-refractivity contribution in [2.24, 2.45) is 4.99 Å². The average molecular weight is 330 g/mol. The minimum absolute atomic E-state index is 0.292. The summed E-state index contributed by atoms with van der Waals surface area (Å²) in [4.78, 5) is 16.8. The summed E-state index contributed by atoms with van der Waals surface area (Å²) in [5, 5.41) is 0. The smallest absolute Gasteiger partial charge is 0.279 e. The zero-order valence-corrected chi connectivity index (χ0v) is 12.8. The summed E-state index contributed by atoms with van der Waals surface area (Å²) < 4.78 is 28.8. The number of amides is 1. The van der Waals surface area contributed by atoms with Crippen LogP contribution in [-0.2, 0) is 6.54 Å². The Bertz CT molecular complexity index is 955. The number of rotatable bonds is 3. The van der Waals surface area contributed by atoms with Gasteiger partial charge in [-0.05, 0) is 42.5 Å². The molecule has 0 aliphatic rings. The van der Waals surface area contributed by atoms with Gasteiger partial charge in [-0.1, -0.05) is 17.4 Å². The molecule has 0 aliphatic heterocycles. The summed E-state index contributed by atoms with van der Waals surface area (Å²) in [5.41, 5.74) is 1.07. The average Bonchev–Trinajstić information content (AvgIpc) is 2.85. The van der Waals surface area contributed by atoms with Gasteiger partial charge in [0.05, 0.1) is 10.2 Å². The van der Waals surface area contributed by atoms with E-state index in [9.17, 15) is 13.6 Å². The predicted octanol–water partition coefficient (Wildman–Crippen LogP) is 3.91. The van der Waals surface area contributed by atoms with Crippen LogP contribution < -0.4 is 4.80 Å². The molecule has 0 N–H and O–H groups in total. The fraction of sp³-hybridized carbons (Fsp3) is 0.0588. The zero-order valence-electron chi connectivity index (χ0n) is 12.0. The van der Waals surface area contributed by atoms with Gasteiger partial charge in [0.2, 0.25) is 0 Å². The number of carbonyl (C=O) groups excluding carboxylic acids is 1. The van der Waals surface area contributed by atoms with Gasteiger partial charge in [0.15, 0.2) is 4.80 Å². The fourth-order valence-electron chi connectivity index (χ4n) is 2.18. The molecule has 0 aliphatic carbocycles. The Morgan fingerprint density at radius 3 is 2.57 bits per heavy atom. The molecule has 2 aromatic carbocycles. The number of halogens is 2. The predicted molar refractivity (Wildman–Crippen MR) is 86.3 cm³/mol. The molecule has 0 radical (unpaired) electrons. The van der Waals surface area contributed by atoms with Crippen molar-refractivity contribution in [2.45, 2.75) is 6.54 Å². The molecular weight excluding hydrogens is 318 g/mol. The van der Waals surface area contributed by atoms with Gasteiger partial charge in [-0.2, -0.15) is 4.99 Å². The molecule has 1 aromatic heterocycles. The standard InChI is InChI=1S/C17H12F2N2OS/c1-2-9-21-14-8-7-13(19)10-15(14)23-17(21)20-16(22)11-3-5-12(18)6-4-11/h2-8,10H,1,9H2. The summed E-state index contributed by atoms with van der Waals surface area (Å²) >= 11 is 1.22. The zero-order chi connectivity index (χ0) is 16.4. The van der Waals surface area contributed by atoms with Gasteiger partial charge in [0.1, 0.15) is 11.6 Å². The first-order chi connectivity index (χ1) is 11.1. The largest absolute Gasteiger partial charge is 0.312 e. The van der Waals surface area contributed by atoms with Crippen molar-refractivity contribution in [3.05, 3.63) is 77.1 Å². The highest BCUT2D eigenvalue weighted by atomic mass is 32.1. The highest BCUT2D eigenvalue weighted by Gasteiger charge is 2.09. The molecule has 0 spiro atoms. The molecular formula is C17H12F2N2OS. The minimum atomic E-state index is -0.477. The topological polar surface area (TPSA) is 34.4 Å². The van der Waals surface area contributed by atoms with Crippen LogP contribution >= 0.6 is 11.3 Å². The Hall–Kier alpha value is -2.60. The quantitative estimate of drug-likeness (QED) is 0.671. The van der Waals surface area contributed by atoms with Crippen molar-refractivity contribution >= 4 is 27.5 Å². The molecule has 0 unspecified atom stereocenters. The van der Waals surface area contributed by atoms with Gasteiger partial charge < -0.3 is 4.57 Å². The molecule has 3 aromatic rings. The number of nitrogens with zero attached hydrogens (tertiary/aromatic N) is 2.